The molecule has 0 radical (unpaired) electrons. The van der Waals surface area contributed by atoms with Crippen LogP contribution in [0.25, 0.3) is 0 Å². The van der Waals surface area contributed by atoms with E-state index in [2.05, 4.69) is 0 Å². The van der Waals surface area contributed by atoms with Gasteiger partial charge in [-0.2, -0.15) is 0 Å². The van der Waals surface area contributed by atoms with E-state index in [0.717, 1.165) is 0 Å². The minimum Gasteiger partial charge on any atom is -0.384 e. The second-order valence-corrected chi connectivity index (χ2v) is 3.35. The van der Waals surface area contributed by atoms with Crippen molar-refractivity contribution in [2.75, 3.05) is 13.1 Å². The molecule has 0 aliphatic carbocycles. The number of hydrogen-bond acceptors (Lipinski definition) is 3. The van der Waals surface area contributed by atoms with Crippen LogP contribution in [0.4, 0.5) is 0 Å². The average Bonchev–Trinajstić information content (AvgIpc) is 2.50. The van der Waals surface area contributed by atoms with Crippen molar-refractivity contribution in [3.8, 4) is 0 Å². The van der Waals surface area contributed by atoms with Crippen molar-refractivity contribution in [1.29, 1.82) is 0 Å². The van der Waals surface area contributed by atoms with Gasteiger partial charge in [0.05, 0.1) is 5.92 Å². The summed E-state index contributed by atoms with van der Waals surface area (Å²) in [7, 11) is 0. The van der Waals surface area contributed by atoms with E-state index in [1.54, 1.807) is 0 Å². The van der Waals surface area contributed by atoms with Crippen molar-refractivity contribution in [2.45, 2.75) is 19.4 Å². The lowest BCUT2D eigenvalue weighted by molar-refractivity contribution is -0.138. The molecule has 1 heterocycles. The molecule has 1 aliphatic rings. The Kier molecular flexibility index (Phi) is 2.87. The van der Waals surface area contributed by atoms with Gasteiger partial charge in [0.1, 0.15) is 6.10 Å². The molecule has 1 rings (SSSR count). The topological polar surface area (TPSA) is 83.6 Å². The number of amides is 2. The molecule has 1 unspecified atom stereocenters. The number of carbonyl (C=O) groups excluding carboxylic acids is 2. The number of primary amides is 1. The molecule has 1 fully saturated rings. The van der Waals surface area contributed by atoms with Crippen LogP contribution in [-0.4, -0.2) is 41.0 Å². The van der Waals surface area contributed by atoms with Gasteiger partial charge in [0.15, 0.2) is 0 Å². The molecule has 5 heteroatoms. The largest absolute Gasteiger partial charge is 0.384 e. The maximum atomic E-state index is 11.2. The fourth-order valence-corrected chi connectivity index (χ4v) is 1.46. The summed E-state index contributed by atoms with van der Waals surface area (Å²) in [5.74, 6) is -0.952. The Morgan fingerprint density at radius 3 is 2.62 bits per heavy atom. The molecular weight excluding hydrogens is 172 g/mol. The molecule has 1 saturated heterocycles. The molecule has 2 amide bonds. The zero-order valence-electron chi connectivity index (χ0n) is 7.56. The van der Waals surface area contributed by atoms with Gasteiger partial charge in [-0.25, -0.2) is 0 Å². The Labute approximate surface area is 76.5 Å². The Morgan fingerprint density at radius 2 is 2.23 bits per heavy atom. The van der Waals surface area contributed by atoms with Crippen molar-refractivity contribution in [3.63, 3.8) is 0 Å². The maximum absolute atomic E-state index is 11.2. The highest BCUT2D eigenvalue weighted by molar-refractivity contribution is 5.83. The highest BCUT2D eigenvalue weighted by Gasteiger charge is 2.30. The quantitative estimate of drug-likeness (QED) is 0.562. The summed E-state index contributed by atoms with van der Waals surface area (Å²) < 4.78 is 0. The third kappa shape index (κ3) is 2.18. The van der Waals surface area contributed by atoms with E-state index in [9.17, 15) is 9.59 Å². The number of aliphatic hydroxyl groups excluding tert-OH is 1. The second kappa shape index (κ2) is 3.74. The van der Waals surface area contributed by atoms with E-state index in [1.807, 2.05) is 0 Å². The molecule has 0 aromatic rings. The van der Waals surface area contributed by atoms with E-state index in [1.165, 1.54) is 11.8 Å². The fourth-order valence-electron chi connectivity index (χ4n) is 1.46. The van der Waals surface area contributed by atoms with Gasteiger partial charge in [0, 0.05) is 13.1 Å². The van der Waals surface area contributed by atoms with E-state index in [4.69, 9.17) is 10.8 Å². The second-order valence-electron chi connectivity index (χ2n) is 3.35. The normalized spacial score (nSPS) is 24.5. The summed E-state index contributed by atoms with van der Waals surface area (Å²) in [6, 6.07) is 0. The summed E-state index contributed by atoms with van der Waals surface area (Å²) in [4.78, 5) is 23.5. The number of hydrogen-bond donors (Lipinski definition) is 2. The molecule has 1 aliphatic heterocycles. The van der Waals surface area contributed by atoms with E-state index in [-0.39, 0.29) is 17.7 Å². The van der Waals surface area contributed by atoms with Gasteiger partial charge in [-0.3, -0.25) is 9.59 Å². The smallest absolute Gasteiger partial charge is 0.251 e. The average molecular weight is 186 g/mol. The van der Waals surface area contributed by atoms with Gasteiger partial charge < -0.3 is 15.7 Å². The number of aliphatic hydroxyl groups is 1. The Morgan fingerprint density at radius 1 is 1.62 bits per heavy atom. The number of nitrogens with two attached hydrogens (primary N) is 1. The van der Waals surface area contributed by atoms with Gasteiger partial charge in [-0.15, -0.1) is 0 Å². The molecule has 0 aromatic heterocycles. The van der Waals surface area contributed by atoms with E-state index >= 15 is 0 Å². The van der Waals surface area contributed by atoms with Crippen molar-refractivity contribution in [3.05, 3.63) is 0 Å². The minimum atomic E-state index is -0.994. The molecule has 74 valence electrons. The predicted molar refractivity (Wildman–Crippen MR) is 45.6 cm³/mol. The van der Waals surface area contributed by atoms with Gasteiger partial charge in [-0.05, 0) is 13.3 Å². The Bertz CT molecular complexity index is 227. The van der Waals surface area contributed by atoms with Gasteiger partial charge >= 0.3 is 0 Å². The summed E-state index contributed by atoms with van der Waals surface area (Å²) in [5.41, 5.74) is 5.10. The van der Waals surface area contributed by atoms with Crippen molar-refractivity contribution >= 4 is 11.8 Å². The zero-order valence-corrected chi connectivity index (χ0v) is 7.56. The van der Waals surface area contributed by atoms with Crippen molar-refractivity contribution < 1.29 is 14.7 Å². The number of rotatable bonds is 2. The minimum absolute atomic E-state index is 0.248. The monoisotopic (exact) mass is 186 g/mol. The van der Waals surface area contributed by atoms with E-state index < -0.39 is 6.10 Å². The zero-order chi connectivity index (χ0) is 10.0. The molecule has 0 aromatic carbocycles. The van der Waals surface area contributed by atoms with Crippen LogP contribution >= 0.6 is 0 Å². The lowest BCUT2D eigenvalue weighted by atomic mass is 10.1. The molecule has 0 spiro atoms. The van der Waals surface area contributed by atoms with Gasteiger partial charge in [0.25, 0.3) is 5.91 Å². The SMILES string of the molecule is C[C@H](O)C(=O)N1CCC(C(N)=O)C1. The molecular formula is C8H14N2O3. The third-order valence-corrected chi connectivity index (χ3v) is 2.26. The number of carbonyl (C=O) groups is 2. The van der Waals surface area contributed by atoms with Crippen LogP contribution < -0.4 is 5.73 Å². The number of nitrogens with zero attached hydrogens (tertiary/aromatic N) is 1. The van der Waals surface area contributed by atoms with Crippen LogP contribution in [0, 0.1) is 5.92 Å². The van der Waals surface area contributed by atoms with Crippen LogP contribution in [0.2, 0.25) is 0 Å². The molecule has 3 N–H and O–H groups in total. The summed E-state index contributed by atoms with van der Waals surface area (Å²) in [6.07, 6.45) is -0.389. The maximum Gasteiger partial charge on any atom is 0.251 e. The number of likely N-dealkylation sites (tertiary alicyclic amines) is 1. The first-order valence-corrected chi connectivity index (χ1v) is 4.28. The highest BCUT2D eigenvalue weighted by atomic mass is 16.3. The fraction of sp³-hybridized carbons (Fsp3) is 0.750. The molecule has 0 bridgehead atoms. The first-order valence-electron chi connectivity index (χ1n) is 4.28. The predicted octanol–water partition coefficient (Wildman–Crippen LogP) is -1.30. The third-order valence-electron chi connectivity index (χ3n) is 2.26. The summed E-state index contributed by atoms with van der Waals surface area (Å²) in [6.45, 7) is 2.27. The standard InChI is InChI=1S/C8H14N2O3/c1-5(11)8(13)10-3-2-6(4-10)7(9)12/h5-6,11H,2-4H2,1H3,(H2,9,12)/t5-,6?/m0/s1. The van der Waals surface area contributed by atoms with Crippen LogP contribution in [0.5, 0.6) is 0 Å². The highest BCUT2D eigenvalue weighted by Crippen LogP contribution is 2.16. The van der Waals surface area contributed by atoms with Crippen LogP contribution in [0.1, 0.15) is 13.3 Å². The van der Waals surface area contributed by atoms with Gasteiger partial charge in [-0.1, -0.05) is 0 Å². The Hall–Kier alpha value is -1.10. The van der Waals surface area contributed by atoms with Crippen molar-refractivity contribution in [2.24, 2.45) is 11.7 Å². The first-order chi connectivity index (χ1) is 6.02. The molecule has 2 atom stereocenters. The molecule has 0 saturated carbocycles. The van der Waals surface area contributed by atoms with Crippen LogP contribution in [0.3, 0.4) is 0 Å². The van der Waals surface area contributed by atoms with Crippen molar-refractivity contribution in [1.82, 2.24) is 4.90 Å². The first kappa shape index (κ1) is 9.98. The molecule has 5 nitrogen and oxygen atoms in total. The summed E-state index contributed by atoms with van der Waals surface area (Å²) >= 11 is 0. The van der Waals surface area contributed by atoms with Crippen LogP contribution in [0.15, 0.2) is 0 Å². The lowest BCUT2D eigenvalue weighted by Crippen LogP contribution is -2.37. The van der Waals surface area contributed by atoms with Crippen LogP contribution in [-0.2, 0) is 9.59 Å². The Balaban J connectivity index is 2.50. The summed E-state index contributed by atoms with van der Waals surface area (Å²) in [5, 5.41) is 9.00. The van der Waals surface area contributed by atoms with Gasteiger partial charge in [0.2, 0.25) is 5.91 Å². The van der Waals surface area contributed by atoms with E-state index in [0.29, 0.717) is 19.5 Å². The lowest BCUT2D eigenvalue weighted by Gasteiger charge is -2.17. The molecule has 13 heavy (non-hydrogen) atoms.